The highest BCUT2D eigenvalue weighted by atomic mass is 32.1. The molecule has 0 spiro atoms. The van der Waals surface area contributed by atoms with Crippen molar-refractivity contribution in [2.45, 2.75) is 6.92 Å². The Morgan fingerprint density at radius 1 is 1.04 bits per heavy atom. The van der Waals surface area contributed by atoms with Crippen LogP contribution in [-0.2, 0) is 0 Å². The van der Waals surface area contributed by atoms with Crippen LogP contribution in [0.3, 0.4) is 0 Å². The predicted octanol–water partition coefficient (Wildman–Crippen LogP) is 3.78. The van der Waals surface area contributed by atoms with E-state index in [0.717, 1.165) is 22.7 Å². The Bertz CT molecular complexity index is 891. The molecule has 128 valence electrons. The smallest absolute Gasteiger partial charge is 0.269 e. The summed E-state index contributed by atoms with van der Waals surface area (Å²) in [7, 11) is 3.11. The van der Waals surface area contributed by atoms with Gasteiger partial charge in [-0.1, -0.05) is 34.3 Å². The van der Waals surface area contributed by atoms with Crippen molar-refractivity contribution in [3.05, 3.63) is 52.9 Å². The number of hydrogen-bond donors (Lipinski definition) is 1. The zero-order valence-corrected chi connectivity index (χ0v) is 14.9. The summed E-state index contributed by atoms with van der Waals surface area (Å²) in [6.45, 7) is 2.01. The van der Waals surface area contributed by atoms with Crippen molar-refractivity contribution in [3.8, 4) is 22.8 Å². The predicted molar refractivity (Wildman–Crippen MR) is 97.6 cm³/mol. The van der Waals surface area contributed by atoms with Gasteiger partial charge in [0.25, 0.3) is 5.91 Å². The highest BCUT2D eigenvalue weighted by Gasteiger charge is 2.18. The van der Waals surface area contributed by atoms with Gasteiger partial charge in [-0.25, -0.2) is 0 Å². The lowest BCUT2D eigenvalue weighted by Crippen LogP contribution is -2.11. The molecule has 1 amide bonds. The first-order valence-corrected chi connectivity index (χ1v) is 8.32. The Morgan fingerprint density at radius 2 is 1.76 bits per heavy atom. The van der Waals surface area contributed by atoms with Gasteiger partial charge in [-0.15, -0.1) is 5.10 Å². The van der Waals surface area contributed by atoms with E-state index in [2.05, 4.69) is 14.9 Å². The average Bonchev–Trinajstić information content (AvgIpc) is 3.12. The third-order valence-corrected chi connectivity index (χ3v) is 4.39. The molecule has 1 N–H and O–H groups in total. The molecule has 3 rings (SSSR count). The molecule has 0 saturated heterocycles. The molecule has 0 bridgehead atoms. The Morgan fingerprint density at radius 3 is 2.44 bits per heavy atom. The SMILES string of the molecule is COc1ccc(NC(=O)c2snnc2-c2ccc(C)cc2)cc1OC. The summed E-state index contributed by atoms with van der Waals surface area (Å²) in [4.78, 5) is 13.1. The van der Waals surface area contributed by atoms with Crippen molar-refractivity contribution in [2.75, 3.05) is 19.5 Å². The van der Waals surface area contributed by atoms with Gasteiger partial charge < -0.3 is 14.8 Å². The number of ether oxygens (including phenoxy) is 2. The van der Waals surface area contributed by atoms with Crippen LogP contribution in [0.4, 0.5) is 5.69 Å². The van der Waals surface area contributed by atoms with Gasteiger partial charge in [0.1, 0.15) is 10.6 Å². The largest absolute Gasteiger partial charge is 0.493 e. The third kappa shape index (κ3) is 3.61. The standard InChI is InChI=1S/C18H17N3O3S/c1-11-4-6-12(7-5-11)16-17(25-21-20-16)18(22)19-13-8-9-14(23-2)15(10-13)24-3/h4-10H,1-3H3,(H,19,22). The van der Waals surface area contributed by atoms with E-state index in [0.29, 0.717) is 27.8 Å². The van der Waals surface area contributed by atoms with Crippen molar-refractivity contribution < 1.29 is 14.3 Å². The molecule has 0 aliphatic carbocycles. The van der Waals surface area contributed by atoms with Crippen molar-refractivity contribution >= 4 is 23.1 Å². The second-order valence-electron chi connectivity index (χ2n) is 5.34. The van der Waals surface area contributed by atoms with Crippen LogP contribution in [0.15, 0.2) is 42.5 Å². The molecule has 1 aromatic heterocycles. The fraction of sp³-hybridized carbons (Fsp3) is 0.167. The third-order valence-electron chi connectivity index (χ3n) is 3.66. The second-order valence-corrected chi connectivity index (χ2v) is 6.09. The van der Waals surface area contributed by atoms with Gasteiger partial charge >= 0.3 is 0 Å². The maximum absolute atomic E-state index is 12.6. The van der Waals surface area contributed by atoms with Gasteiger partial charge in [0.15, 0.2) is 11.5 Å². The summed E-state index contributed by atoms with van der Waals surface area (Å²) in [6.07, 6.45) is 0. The molecule has 0 atom stereocenters. The summed E-state index contributed by atoms with van der Waals surface area (Å²) in [5.74, 6) is 0.875. The van der Waals surface area contributed by atoms with Crippen LogP contribution in [-0.4, -0.2) is 29.7 Å². The lowest BCUT2D eigenvalue weighted by molar-refractivity contribution is 0.103. The lowest BCUT2D eigenvalue weighted by atomic mass is 10.1. The molecular weight excluding hydrogens is 338 g/mol. The monoisotopic (exact) mass is 355 g/mol. The number of nitrogens with one attached hydrogen (secondary N) is 1. The Balaban J connectivity index is 1.85. The summed E-state index contributed by atoms with van der Waals surface area (Å²) in [6, 6.07) is 13.0. The van der Waals surface area contributed by atoms with Crippen molar-refractivity contribution in [1.29, 1.82) is 0 Å². The van der Waals surface area contributed by atoms with Gasteiger partial charge in [-0.2, -0.15) is 0 Å². The molecular formula is C18H17N3O3S. The van der Waals surface area contributed by atoms with Gasteiger partial charge in [-0.05, 0) is 30.6 Å². The molecule has 0 aliphatic rings. The molecule has 0 radical (unpaired) electrons. The van der Waals surface area contributed by atoms with Crippen LogP contribution in [0.1, 0.15) is 15.2 Å². The highest BCUT2D eigenvalue weighted by Crippen LogP contribution is 2.31. The molecule has 7 heteroatoms. The summed E-state index contributed by atoms with van der Waals surface area (Å²) in [5.41, 5.74) is 3.17. The fourth-order valence-corrected chi connectivity index (χ4v) is 2.93. The van der Waals surface area contributed by atoms with Crippen molar-refractivity contribution in [2.24, 2.45) is 0 Å². The van der Waals surface area contributed by atoms with E-state index in [1.165, 1.54) is 0 Å². The molecule has 1 heterocycles. The molecule has 25 heavy (non-hydrogen) atoms. The summed E-state index contributed by atoms with van der Waals surface area (Å²) >= 11 is 1.06. The highest BCUT2D eigenvalue weighted by molar-refractivity contribution is 7.08. The zero-order valence-electron chi connectivity index (χ0n) is 14.1. The van der Waals surface area contributed by atoms with Crippen LogP contribution in [0, 0.1) is 6.92 Å². The molecule has 0 saturated carbocycles. The maximum Gasteiger partial charge on any atom is 0.269 e. The van der Waals surface area contributed by atoms with Gasteiger partial charge in [0, 0.05) is 17.3 Å². The number of hydrogen-bond acceptors (Lipinski definition) is 6. The number of amides is 1. The van der Waals surface area contributed by atoms with E-state index in [-0.39, 0.29) is 5.91 Å². The van der Waals surface area contributed by atoms with E-state index in [1.807, 2.05) is 31.2 Å². The average molecular weight is 355 g/mol. The topological polar surface area (TPSA) is 73.3 Å². The number of aromatic nitrogens is 2. The number of anilines is 1. The Hall–Kier alpha value is -2.93. The Labute approximate surface area is 149 Å². The number of methoxy groups -OCH3 is 2. The van der Waals surface area contributed by atoms with Crippen molar-refractivity contribution in [1.82, 2.24) is 9.59 Å². The molecule has 2 aromatic carbocycles. The number of carbonyl (C=O) groups excluding carboxylic acids is 1. The summed E-state index contributed by atoms with van der Waals surface area (Å²) < 4.78 is 14.4. The minimum atomic E-state index is -0.266. The lowest BCUT2D eigenvalue weighted by Gasteiger charge is -2.10. The minimum absolute atomic E-state index is 0.266. The molecule has 0 fully saturated rings. The van der Waals surface area contributed by atoms with E-state index in [9.17, 15) is 4.79 Å². The van der Waals surface area contributed by atoms with Crippen molar-refractivity contribution in [3.63, 3.8) is 0 Å². The van der Waals surface area contributed by atoms with E-state index in [1.54, 1.807) is 32.4 Å². The van der Waals surface area contributed by atoms with E-state index in [4.69, 9.17) is 9.47 Å². The second kappa shape index (κ2) is 7.31. The maximum atomic E-state index is 12.6. The van der Waals surface area contributed by atoms with Gasteiger partial charge in [0.2, 0.25) is 0 Å². The number of carbonyl (C=O) groups is 1. The van der Waals surface area contributed by atoms with Crippen LogP contribution in [0.25, 0.3) is 11.3 Å². The molecule has 6 nitrogen and oxygen atoms in total. The number of aryl methyl sites for hydroxylation is 1. The van der Waals surface area contributed by atoms with E-state index >= 15 is 0 Å². The van der Waals surface area contributed by atoms with Gasteiger partial charge in [0.05, 0.1) is 14.2 Å². The van der Waals surface area contributed by atoms with Crippen LogP contribution >= 0.6 is 11.5 Å². The molecule has 0 aliphatic heterocycles. The van der Waals surface area contributed by atoms with Crippen LogP contribution in [0.2, 0.25) is 0 Å². The fourth-order valence-electron chi connectivity index (χ4n) is 2.34. The minimum Gasteiger partial charge on any atom is -0.493 e. The first kappa shape index (κ1) is 16.9. The number of benzene rings is 2. The zero-order chi connectivity index (χ0) is 17.8. The summed E-state index contributed by atoms with van der Waals surface area (Å²) in [5, 5.41) is 6.95. The number of rotatable bonds is 5. The number of nitrogens with zero attached hydrogens (tertiary/aromatic N) is 2. The van der Waals surface area contributed by atoms with Gasteiger partial charge in [-0.3, -0.25) is 4.79 Å². The first-order chi connectivity index (χ1) is 12.1. The van der Waals surface area contributed by atoms with Crippen LogP contribution < -0.4 is 14.8 Å². The quantitative estimate of drug-likeness (QED) is 0.754. The van der Waals surface area contributed by atoms with E-state index < -0.39 is 0 Å². The first-order valence-electron chi connectivity index (χ1n) is 7.55. The normalized spacial score (nSPS) is 10.4. The molecule has 3 aromatic rings. The Kier molecular flexibility index (Phi) is 4.95. The van der Waals surface area contributed by atoms with Crippen LogP contribution in [0.5, 0.6) is 11.5 Å². The molecule has 0 unspecified atom stereocenters.